The van der Waals surface area contributed by atoms with Crippen molar-refractivity contribution in [3.8, 4) is 5.75 Å². The number of aryl methyl sites for hydroxylation is 1. The van der Waals surface area contributed by atoms with E-state index < -0.39 is 0 Å². The van der Waals surface area contributed by atoms with Crippen LogP contribution >= 0.6 is 0 Å². The number of amides is 1. The minimum atomic E-state index is 0.106. The number of aromatic hydroxyl groups is 1. The Morgan fingerprint density at radius 3 is 2.84 bits per heavy atom. The minimum Gasteiger partial charge on any atom is -0.508 e. The topological polar surface area (TPSA) is 40.5 Å². The average molecular weight is 261 g/mol. The van der Waals surface area contributed by atoms with Gasteiger partial charge in [0.1, 0.15) is 5.75 Å². The monoisotopic (exact) mass is 261 g/mol. The van der Waals surface area contributed by atoms with Crippen molar-refractivity contribution in [1.29, 1.82) is 0 Å². The van der Waals surface area contributed by atoms with Crippen LogP contribution in [0.25, 0.3) is 0 Å². The van der Waals surface area contributed by atoms with Crippen LogP contribution in [0, 0.1) is 12.8 Å². The molecule has 1 aliphatic rings. The van der Waals surface area contributed by atoms with Crippen molar-refractivity contribution in [2.75, 3.05) is 13.1 Å². The van der Waals surface area contributed by atoms with Crippen LogP contribution in [-0.2, 0) is 0 Å². The van der Waals surface area contributed by atoms with Gasteiger partial charge in [0.2, 0.25) is 0 Å². The molecule has 3 heteroatoms. The van der Waals surface area contributed by atoms with Gasteiger partial charge in [-0.2, -0.15) is 0 Å². The van der Waals surface area contributed by atoms with Gasteiger partial charge in [-0.3, -0.25) is 4.79 Å². The maximum atomic E-state index is 12.5. The molecule has 104 valence electrons. The normalized spacial score (nSPS) is 20.1. The summed E-state index contributed by atoms with van der Waals surface area (Å²) in [7, 11) is 0. The highest BCUT2D eigenvalue weighted by atomic mass is 16.3. The number of nitrogens with zero attached hydrogens (tertiary/aromatic N) is 1. The van der Waals surface area contributed by atoms with E-state index in [1.807, 2.05) is 11.8 Å². The van der Waals surface area contributed by atoms with Crippen molar-refractivity contribution < 1.29 is 9.90 Å². The molecule has 2 rings (SSSR count). The molecule has 1 fully saturated rings. The Labute approximate surface area is 115 Å². The van der Waals surface area contributed by atoms with Crippen LogP contribution in [0.5, 0.6) is 5.75 Å². The number of rotatable bonds is 2. The van der Waals surface area contributed by atoms with Gasteiger partial charge in [0.05, 0.1) is 0 Å². The van der Waals surface area contributed by atoms with Crippen LogP contribution in [0.4, 0.5) is 0 Å². The summed E-state index contributed by atoms with van der Waals surface area (Å²) in [6, 6.07) is 4.97. The zero-order valence-electron chi connectivity index (χ0n) is 11.9. The van der Waals surface area contributed by atoms with E-state index in [4.69, 9.17) is 0 Å². The molecule has 1 N–H and O–H groups in total. The van der Waals surface area contributed by atoms with E-state index in [0.29, 0.717) is 5.56 Å². The Bertz CT molecular complexity index is 456. The Kier molecular flexibility index (Phi) is 4.46. The lowest BCUT2D eigenvalue weighted by Gasteiger charge is -2.21. The maximum absolute atomic E-state index is 12.5. The van der Waals surface area contributed by atoms with Gasteiger partial charge in [-0.05, 0) is 55.9 Å². The van der Waals surface area contributed by atoms with Gasteiger partial charge >= 0.3 is 0 Å². The van der Waals surface area contributed by atoms with Crippen molar-refractivity contribution in [3.63, 3.8) is 0 Å². The molecule has 1 heterocycles. The van der Waals surface area contributed by atoms with E-state index in [1.165, 1.54) is 12.8 Å². The molecule has 0 saturated carbocycles. The number of benzene rings is 1. The van der Waals surface area contributed by atoms with Gasteiger partial charge < -0.3 is 10.0 Å². The fourth-order valence-corrected chi connectivity index (χ4v) is 2.83. The van der Waals surface area contributed by atoms with E-state index in [0.717, 1.165) is 37.4 Å². The van der Waals surface area contributed by atoms with Crippen molar-refractivity contribution in [2.24, 2.45) is 5.92 Å². The average Bonchev–Trinajstić information content (AvgIpc) is 2.63. The number of phenols is 1. The van der Waals surface area contributed by atoms with Gasteiger partial charge in [0.25, 0.3) is 5.91 Å². The van der Waals surface area contributed by atoms with E-state index in [2.05, 4.69) is 6.92 Å². The van der Waals surface area contributed by atoms with Crippen LogP contribution in [0.15, 0.2) is 18.2 Å². The summed E-state index contributed by atoms with van der Waals surface area (Å²) in [5, 5.41) is 9.42. The van der Waals surface area contributed by atoms with Gasteiger partial charge in [-0.1, -0.05) is 13.3 Å². The summed E-state index contributed by atoms with van der Waals surface area (Å²) >= 11 is 0. The lowest BCUT2D eigenvalue weighted by molar-refractivity contribution is 0.0759. The Morgan fingerprint density at radius 1 is 1.37 bits per heavy atom. The molecule has 1 aliphatic heterocycles. The van der Waals surface area contributed by atoms with Gasteiger partial charge in [0.15, 0.2) is 0 Å². The molecule has 1 aromatic rings. The summed E-state index contributed by atoms with van der Waals surface area (Å²) in [6.07, 6.45) is 4.65. The molecule has 3 nitrogen and oxygen atoms in total. The fourth-order valence-electron chi connectivity index (χ4n) is 2.83. The molecule has 1 atom stereocenters. The lowest BCUT2D eigenvalue weighted by Crippen LogP contribution is -2.32. The molecule has 0 spiro atoms. The van der Waals surface area contributed by atoms with Crippen LogP contribution in [0.2, 0.25) is 0 Å². The summed E-state index contributed by atoms with van der Waals surface area (Å²) < 4.78 is 0. The molecule has 0 bridgehead atoms. The highest BCUT2D eigenvalue weighted by Crippen LogP contribution is 2.23. The number of phenolic OH excluding ortho intramolecular Hbond substituents is 1. The Hall–Kier alpha value is -1.51. The van der Waals surface area contributed by atoms with Gasteiger partial charge in [-0.25, -0.2) is 0 Å². The third-order valence-electron chi connectivity index (χ3n) is 4.15. The third-order valence-corrected chi connectivity index (χ3v) is 4.15. The maximum Gasteiger partial charge on any atom is 0.254 e. The quantitative estimate of drug-likeness (QED) is 0.887. The molecular formula is C16H23NO2. The van der Waals surface area contributed by atoms with E-state index in [9.17, 15) is 9.90 Å². The number of carbonyl (C=O) groups is 1. The first kappa shape index (κ1) is 13.9. The largest absolute Gasteiger partial charge is 0.508 e. The first-order valence-electron chi connectivity index (χ1n) is 7.20. The summed E-state index contributed by atoms with van der Waals surface area (Å²) in [5.74, 6) is 1.09. The van der Waals surface area contributed by atoms with Gasteiger partial charge in [-0.15, -0.1) is 0 Å². The summed E-state index contributed by atoms with van der Waals surface area (Å²) in [5.41, 5.74) is 1.56. The molecule has 1 aromatic carbocycles. The van der Waals surface area contributed by atoms with E-state index >= 15 is 0 Å². The van der Waals surface area contributed by atoms with Crippen molar-refractivity contribution in [1.82, 2.24) is 4.90 Å². The molecule has 1 unspecified atom stereocenters. The van der Waals surface area contributed by atoms with Crippen LogP contribution in [0.1, 0.15) is 48.5 Å². The molecule has 0 aliphatic carbocycles. The van der Waals surface area contributed by atoms with Crippen LogP contribution in [-0.4, -0.2) is 29.0 Å². The molecule has 1 saturated heterocycles. The standard InChI is InChI=1S/C16H23NO2/c1-3-13-5-4-9-17(10-8-13)16(19)15-7-6-14(18)11-12(15)2/h6-7,11,13,18H,3-5,8-10H2,1-2H3. The molecule has 19 heavy (non-hydrogen) atoms. The Morgan fingerprint density at radius 2 is 2.16 bits per heavy atom. The zero-order valence-corrected chi connectivity index (χ0v) is 11.9. The molecule has 0 aromatic heterocycles. The number of likely N-dealkylation sites (tertiary alicyclic amines) is 1. The number of hydrogen-bond donors (Lipinski definition) is 1. The van der Waals surface area contributed by atoms with Crippen LogP contribution < -0.4 is 0 Å². The van der Waals surface area contributed by atoms with Crippen molar-refractivity contribution in [2.45, 2.75) is 39.5 Å². The zero-order chi connectivity index (χ0) is 13.8. The predicted molar refractivity (Wildman–Crippen MR) is 76.4 cm³/mol. The van der Waals surface area contributed by atoms with E-state index in [-0.39, 0.29) is 11.7 Å². The molecule has 1 amide bonds. The molecule has 0 radical (unpaired) electrons. The highest BCUT2D eigenvalue weighted by Gasteiger charge is 2.21. The second-order valence-corrected chi connectivity index (χ2v) is 5.50. The summed E-state index contributed by atoms with van der Waals surface area (Å²) in [4.78, 5) is 14.5. The Balaban J connectivity index is 2.10. The number of carbonyl (C=O) groups excluding carboxylic acids is 1. The smallest absolute Gasteiger partial charge is 0.254 e. The van der Waals surface area contributed by atoms with Crippen molar-refractivity contribution in [3.05, 3.63) is 29.3 Å². The first-order chi connectivity index (χ1) is 9.11. The second-order valence-electron chi connectivity index (χ2n) is 5.50. The third kappa shape index (κ3) is 3.28. The second kappa shape index (κ2) is 6.09. The summed E-state index contributed by atoms with van der Waals surface area (Å²) in [6.45, 7) is 5.82. The fraction of sp³-hybridized carbons (Fsp3) is 0.562. The van der Waals surface area contributed by atoms with Gasteiger partial charge in [0, 0.05) is 18.7 Å². The van der Waals surface area contributed by atoms with Crippen molar-refractivity contribution >= 4 is 5.91 Å². The first-order valence-corrected chi connectivity index (χ1v) is 7.20. The lowest BCUT2D eigenvalue weighted by atomic mass is 9.98. The predicted octanol–water partition coefficient (Wildman–Crippen LogP) is 3.35. The highest BCUT2D eigenvalue weighted by molar-refractivity contribution is 5.95. The minimum absolute atomic E-state index is 0.106. The van der Waals surface area contributed by atoms with E-state index in [1.54, 1.807) is 18.2 Å². The molecular weight excluding hydrogens is 238 g/mol. The number of hydrogen-bond acceptors (Lipinski definition) is 2. The van der Waals surface area contributed by atoms with Crippen LogP contribution in [0.3, 0.4) is 0 Å². The SMILES string of the molecule is CCC1CCCN(C(=O)c2ccc(O)cc2C)CC1.